The van der Waals surface area contributed by atoms with Crippen molar-refractivity contribution in [2.24, 2.45) is 5.92 Å². The summed E-state index contributed by atoms with van der Waals surface area (Å²) in [6, 6.07) is 12.8. The maximum atomic E-state index is 13.3. The average molecular weight is 421 g/mol. The number of carbonyl (C=O) groups excluding carboxylic acids is 3. The monoisotopic (exact) mass is 420 g/mol. The Labute approximate surface area is 182 Å². The fraction of sp³-hybridized carbons (Fsp3) is 0.417. The molecule has 1 aromatic carbocycles. The number of imide groups is 1. The van der Waals surface area contributed by atoms with Gasteiger partial charge in [0.15, 0.2) is 0 Å². The second kappa shape index (κ2) is 8.88. The topological polar surface area (TPSA) is 82.6 Å². The van der Waals surface area contributed by atoms with Gasteiger partial charge in [0.1, 0.15) is 6.04 Å². The highest BCUT2D eigenvalue weighted by atomic mass is 16.2. The minimum absolute atomic E-state index is 0.240. The predicted octanol–water partition coefficient (Wildman–Crippen LogP) is 2.51. The molecule has 2 saturated heterocycles. The molecule has 0 unspecified atom stereocenters. The molecule has 0 bridgehead atoms. The molecule has 0 radical (unpaired) electrons. The molecule has 3 heterocycles. The number of likely N-dealkylation sites (tertiary alicyclic amines) is 2. The number of hydrogen-bond acceptors (Lipinski definition) is 4. The molecule has 0 aliphatic carbocycles. The number of amides is 4. The lowest BCUT2D eigenvalue weighted by Gasteiger charge is -2.47. The van der Waals surface area contributed by atoms with E-state index in [2.05, 4.69) is 22.4 Å². The third-order valence-corrected chi connectivity index (χ3v) is 6.31. The zero-order valence-electron chi connectivity index (χ0n) is 18.0. The normalized spacial score (nSPS) is 23.3. The third-order valence-electron chi connectivity index (χ3n) is 6.31. The van der Waals surface area contributed by atoms with E-state index in [-0.39, 0.29) is 23.8 Å². The number of benzene rings is 1. The molecule has 2 aromatic rings. The van der Waals surface area contributed by atoms with E-state index in [4.69, 9.17) is 0 Å². The molecule has 0 spiro atoms. The van der Waals surface area contributed by atoms with Gasteiger partial charge in [-0.25, -0.2) is 4.79 Å². The van der Waals surface area contributed by atoms with Gasteiger partial charge >= 0.3 is 6.03 Å². The second-order valence-electron chi connectivity index (χ2n) is 8.36. The molecule has 2 aliphatic rings. The van der Waals surface area contributed by atoms with Crippen molar-refractivity contribution in [1.29, 1.82) is 0 Å². The van der Waals surface area contributed by atoms with Gasteiger partial charge in [-0.1, -0.05) is 30.3 Å². The maximum absolute atomic E-state index is 13.3. The number of urea groups is 1. The van der Waals surface area contributed by atoms with Crippen molar-refractivity contribution < 1.29 is 14.4 Å². The highest BCUT2D eigenvalue weighted by molar-refractivity contribution is 6.09. The van der Waals surface area contributed by atoms with Crippen LogP contribution in [-0.2, 0) is 16.0 Å². The molecule has 1 N–H and O–H groups in total. The first kappa shape index (κ1) is 21.0. The highest BCUT2D eigenvalue weighted by Crippen LogP contribution is 2.34. The summed E-state index contributed by atoms with van der Waals surface area (Å²) in [5, 5.41) is 2.62. The Kier molecular flexibility index (Phi) is 6.02. The van der Waals surface area contributed by atoms with Crippen molar-refractivity contribution in [2.45, 2.75) is 38.1 Å². The van der Waals surface area contributed by atoms with E-state index in [1.807, 2.05) is 37.3 Å². The second-order valence-corrected chi connectivity index (χ2v) is 8.36. The van der Waals surface area contributed by atoms with E-state index >= 15 is 0 Å². The third kappa shape index (κ3) is 4.17. The van der Waals surface area contributed by atoms with Crippen LogP contribution in [0.25, 0.3) is 0 Å². The van der Waals surface area contributed by atoms with Gasteiger partial charge in [0, 0.05) is 37.9 Å². The van der Waals surface area contributed by atoms with Gasteiger partial charge in [-0.2, -0.15) is 0 Å². The van der Waals surface area contributed by atoms with Gasteiger partial charge in [0.05, 0.1) is 5.92 Å². The summed E-state index contributed by atoms with van der Waals surface area (Å²) < 4.78 is 0. The van der Waals surface area contributed by atoms with Crippen LogP contribution >= 0.6 is 0 Å². The molecule has 2 aliphatic heterocycles. The summed E-state index contributed by atoms with van der Waals surface area (Å²) in [6.45, 7) is 3.04. The van der Waals surface area contributed by atoms with Crippen LogP contribution in [0.5, 0.6) is 0 Å². The molecule has 2 fully saturated rings. The molecular weight excluding hydrogens is 392 g/mol. The number of likely N-dealkylation sites (N-methyl/N-ethyl adjacent to an activating group) is 1. The number of hydrogen-bond donors (Lipinski definition) is 1. The average Bonchev–Trinajstić information content (AvgIpc) is 2.80. The van der Waals surface area contributed by atoms with Crippen LogP contribution in [-0.4, -0.2) is 58.8 Å². The summed E-state index contributed by atoms with van der Waals surface area (Å²) in [5.41, 5.74) is 2.99. The van der Waals surface area contributed by atoms with Crippen LogP contribution in [0.2, 0.25) is 0 Å². The van der Waals surface area contributed by atoms with Crippen molar-refractivity contribution in [3.8, 4) is 0 Å². The van der Waals surface area contributed by atoms with Gasteiger partial charge in [-0.05, 0) is 49.4 Å². The molecule has 31 heavy (non-hydrogen) atoms. The highest BCUT2D eigenvalue weighted by Gasteiger charge is 2.55. The number of β-lactam (4-membered cyclic amide) rings is 1. The minimum Gasteiger partial charge on any atom is -0.357 e. The van der Waals surface area contributed by atoms with Crippen molar-refractivity contribution >= 4 is 17.8 Å². The minimum atomic E-state index is -0.782. The molecule has 0 saturated carbocycles. The molecule has 1 aromatic heterocycles. The lowest BCUT2D eigenvalue weighted by atomic mass is 9.81. The first-order chi connectivity index (χ1) is 15.0. The lowest BCUT2D eigenvalue weighted by molar-refractivity contribution is -0.158. The number of pyridine rings is 1. The Balaban J connectivity index is 1.50. The van der Waals surface area contributed by atoms with Crippen LogP contribution < -0.4 is 5.32 Å². The standard InChI is InChI=1S/C24H28N4O3/c1-16-13-17(10-11-26-16)14-20-21(22(29)25-2)28(23(20)30)24(31)27-12-6-9-19(15-27)18-7-4-3-5-8-18/h3-5,7-8,10-11,13,19-21H,6,9,12,14-15H2,1-2H3,(H,25,29)/t19-,20-,21+/m1/s1. The van der Waals surface area contributed by atoms with E-state index in [9.17, 15) is 14.4 Å². The Morgan fingerprint density at radius 3 is 2.68 bits per heavy atom. The van der Waals surface area contributed by atoms with E-state index in [1.165, 1.54) is 12.6 Å². The number of nitrogens with one attached hydrogen (secondary N) is 1. The predicted molar refractivity (Wildman–Crippen MR) is 116 cm³/mol. The Hall–Kier alpha value is -3.22. The SMILES string of the molecule is CNC(=O)[C@@H]1[C@@H](Cc2ccnc(C)c2)C(=O)N1C(=O)N1CCC[C@@H](c2ccccc2)C1. The van der Waals surface area contributed by atoms with E-state index in [0.717, 1.165) is 29.0 Å². The van der Waals surface area contributed by atoms with Gasteiger partial charge in [-0.3, -0.25) is 19.5 Å². The zero-order chi connectivity index (χ0) is 22.0. The Morgan fingerprint density at radius 2 is 1.97 bits per heavy atom. The van der Waals surface area contributed by atoms with Crippen molar-refractivity contribution in [2.75, 3.05) is 20.1 Å². The summed E-state index contributed by atoms with van der Waals surface area (Å²) in [6.07, 6.45) is 3.99. The Morgan fingerprint density at radius 1 is 1.19 bits per heavy atom. The quantitative estimate of drug-likeness (QED) is 0.771. The molecule has 4 rings (SSSR count). The summed E-state index contributed by atoms with van der Waals surface area (Å²) in [7, 11) is 1.54. The zero-order valence-corrected chi connectivity index (χ0v) is 18.0. The molecule has 7 nitrogen and oxygen atoms in total. The first-order valence-corrected chi connectivity index (χ1v) is 10.8. The van der Waals surface area contributed by atoms with Crippen molar-refractivity contribution in [3.05, 3.63) is 65.5 Å². The fourth-order valence-corrected chi connectivity index (χ4v) is 4.69. The number of carbonyl (C=O) groups is 3. The molecule has 162 valence electrons. The maximum Gasteiger partial charge on any atom is 0.327 e. The van der Waals surface area contributed by atoms with E-state index in [0.29, 0.717) is 19.5 Å². The first-order valence-electron chi connectivity index (χ1n) is 10.8. The van der Waals surface area contributed by atoms with Crippen LogP contribution in [0.4, 0.5) is 4.79 Å². The molecule has 4 amide bonds. The van der Waals surface area contributed by atoms with Crippen LogP contribution in [0.15, 0.2) is 48.7 Å². The Bertz CT molecular complexity index is 978. The molecule has 3 atom stereocenters. The van der Waals surface area contributed by atoms with Crippen molar-refractivity contribution in [1.82, 2.24) is 20.1 Å². The number of rotatable bonds is 4. The van der Waals surface area contributed by atoms with Crippen LogP contribution in [0, 0.1) is 12.8 Å². The summed E-state index contributed by atoms with van der Waals surface area (Å²) in [5.74, 6) is -0.889. The van der Waals surface area contributed by atoms with E-state index < -0.39 is 12.0 Å². The van der Waals surface area contributed by atoms with Crippen LogP contribution in [0.1, 0.15) is 35.6 Å². The van der Waals surface area contributed by atoms with Crippen LogP contribution in [0.3, 0.4) is 0 Å². The van der Waals surface area contributed by atoms with Gasteiger partial charge in [0.25, 0.3) is 0 Å². The number of nitrogens with zero attached hydrogens (tertiary/aromatic N) is 3. The number of piperidine rings is 1. The largest absolute Gasteiger partial charge is 0.357 e. The fourth-order valence-electron chi connectivity index (χ4n) is 4.69. The summed E-state index contributed by atoms with van der Waals surface area (Å²) >= 11 is 0. The molecular formula is C24H28N4O3. The lowest BCUT2D eigenvalue weighted by Crippen LogP contribution is -2.70. The van der Waals surface area contributed by atoms with Crippen molar-refractivity contribution in [3.63, 3.8) is 0 Å². The van der Waals surface area contributed by atoms with Gasteiger partial charge in [0.2, 0.25) is 11.8 Å². The summed E-state index contributed by atoms with van der Waals surface area (Å²) in [4.78, 5) is 46.0. The number of aromatic nitrogens is 1. The number of aryl methyl sites for hydroxylation is 1. The molecule has 7 heteroatoms. The van der Waals surface area contributed by atoms with Gasteiger partial charge < -0.3 is 10.2 Å². The smallest absolute Gasteiger partial charge is 0.327 e. The van der Waals surface area contributed by atoms with E-state index in [1.54, 1.807) is 11.1 Å². The van der Waals surface area contributed by atoms with Gasteiger partial charge in [-0.15, -0.1) is 0 Å².